The van der Waals surface area contributed by atoms with E-state index in [-0.39, 0.29) is 0 Å². The van der Waals surface area contributed by atoms with Gasteiger partial charge in [0.15, 0.2) is 0 Å². The minimum atomic E-state index is 0.592. The molecule has 3 heteroatoms. The highest BCUT2D eigenvalue weighted by Gasteiger charge is 2.30. The van der Waals surface area contributed by atoms with Crippen LogP contribution in [0.2, 0.25) is 0 Å². The van der Waals surface area contributed by atoms with E-state index in [4.69, 9.17) is 0 Å². The SMILES string of the molecule is CC1CN(C)CCN1C1CCNCc2ccccc21. The van der Waals surface area contributed by atoms with Crippen molar-refractivity contribution in [3.8, 4) is 0 Å². The van der Waals surface area contributed by atoms with E-state index in [0.717, 1.165) is 13.1 Å². The van der Waals surface area contributed by atoms with Crippen LogP contribution in [0.5, 0.6) is 0 Å². The number of benzene rings is 1. The van der Waals surface area contributed by atoms with Gasteiger partial charge in [0, 0.05) is 38.3 Å². The number of nitrogens with zero attached hydrogens (tertiary/aromatic N) is 2. The molecule has 1 saturated heterocycles. The van der Waals surface area contributed by atoms with Crippen LogP contribution in [0.4, 0.5) is 0 Å². The van der Waals surface area contributed by atoms with Gasteiger partial charge in [-0.15, -0.1) is 0 Å². The van der Waals surface area contributed by atoms with Crippen molar-refractivity contribution in [3.63, 3.8) is 0 Å². The van der Waals surface area contributed by atoms with Crippen LogP contribution in [-0.4, -0.2) is 49.1 Å². The predicted octanol–water partition coefficient (Wildman–Crippen LogP) is 1.86. The van der Waals surface area contributed by atoms with Crippen LogP contribution in [0.1, 0.15) is 30.5 Å². The van der Waals surface area contributed by atoms with Crippen molar-refractivity contribution in [2.75, 3.05) is 33.2 Å². The van der Waals surface area contributed by atoms with Crippen LogP contribution < -0.4 is 5.32 Å². The second-order valence-electron chi connectivity index (χ2n) is 6.03. The zero-order valence-electron chi connectivity index (χ0n) is 12.1. The topological polar surface area (TPSA) is 18.5 Å². The number of piperazine rings is 1. The van der Waals surface area contributed by atoms with E-state index in [0.29, 0.717) is 12.1 Å². The van der Waals surface area contributed by atoms with Crippen molar-refractivity contribution in [2.24, 2.45) is 0 Å². The summed E-state index contributed by atoms with van der Waals surface area (Å²) in [5, 5.41) is 3.56. The Balaban J connectivity index is 1.87. The number of fused-ring (bicyclic) bond motifs is 1. The third-order valence-electron chi connectivity index (χ3n) is 4.61. The quantitative estimate of drug-likeness (QED) is 0.830. The van der Waals surface area contributed by atoms with E-state index in [1.807, 2.05) is 0 Å². The molecule has 0 amide bonds. The van der Waals surface area contributed by atoms with E-state index in [9.17, 15) is 0 Å². The molecule has 2 heterocycles. The smallest absolute Gasteiger partial charge is 0.0367 e. The monoisotopic (exact) mass is 259 g/mol. The molecule has 3 rings (SSSR count). The fourth-order valence-corrected chi connectivity index (χ4v) is 3.60. The first-order chi connectivity index (χ1) is 9.25. The molecule has 0 aromatic heterocycles. The average molecular weight is 259 g/mol. The maximum atomic E-state index is 3.56. The third kappa shape index (κ3) is 2.69. The maximum Gasteiger partial charge on any atom is 0.0367 e. The van der Waals surface area contributed by atoms with Crippen molar-refractivity contribution in [1.82, 2.24) is 15.1 Å². The van der Waals surface area contributed by atoms with E-state index in [2.05, 4.69) is 53.4 Å². The van der Waals surface area contributed by atoms with Gasteiger partial charge < -0.3 is 10.2 Å². The fourth-order valence-electron chi connectivity index (χ4n) is 3.60. The molecule has 104 valence electrons. The summed E-state index contributed by atoms with van der Waals surface area (Å²) in [5.74, 6) is 0. The first kappa shape index (κ1) is 13.1. The molecule has 0 bridgehead atoms. The molecular weight excluding hydrogens is 234 g/mol. The summed E-state index contributed by atoms with van der Waals surface area (Å²) in [6, 6.07) is 10.2. The lowest BCUT2D eigenvalue weighted by Gasteiger charge is -2.43. The second-order valence-corrected chi connectivity index (χ2v) is 6.03. The van der Waals surface area contributed by atoms with Crippen LogP contribution >= 0.6 is 0 Å². The summed E-state index contributed by atoms with van der Waals surface area (Å²) in [6.07, 6.45) is 1.23. The van der Waals surface area contributed by atoms with Gasteiger partial charge in [0.2, 0.25) is 0 Å². The first-order valence-corrected chi connectivity index (χ1v) is 7.48. The average Bonchev–Trinajstić information content (AvgIpc) is 2.61. The van der Waals surface area contributed by atoms with Gasteiger partial charge in [-0.2, -0.15) is 0 Å². The summed E-state index contributed by atoms with van der Waals surface area (Å²) in [7, 11) is 2.23. The van der Waals surface area contributed by atoms with Gasteiger partial charge >= 0.3 is 0 Å². The highest BCUT2D eigenvalue weighted by molar-refractivity contribution is 5.31. The van der Waals surface area contributed by atoms with Gasteiger partial charge in [-0.25, -0.2) is 0 Å². The van der Waals surface area contributed by atoms with Crippen molar-refractivity contribution in [1.29, 1.82) is 0 Å². The minimum absolute atomic E-state index is 0.592. The summed E-state index contributed by atoms with van der Waals surface area (Å²) in [5.41, 5.74) is 3.03. The minimum Gasteiger partial charge on any atom is -0.313 e. The van der Waals surface area contributed by atoms with Crippen molar-refractivity contribution in [2.45, 2.75) is 32.0 Å². The summed E-state index contributed by atoms with van der Waals surface area (Å²) in [4.78, 5) is 5.16. The molecule has 19 heavy (non-hydrogen) atoms. The van der Waals surface area contributed by atoms with Crippen LogP contribution in [0.15, 0.2) is 24.3 Å². The molecule has 2 atom stereocenters. The van der Waals surface area contributed by atoms with E-state index >= 15 is 0 Å². The molecule has 3 nitrogen and oxygen atoms in total. The first-order valence-electron chi connectivity index (χ1n) is 7.48. The largest absolute Gasteiger partial charge is 0.313 e. The maximum absolute atomic E-state index is 3.56. The van der Waals surface area contributed by atoms with E-state index in [1.54, 1.807) is 5.56 Å². The number of hydrogen-bond acceptors (Lipinski definition) is 3. The van der Waals surface area contributed by atoms with Crippen LogP contribution in [0, 0.1) is 0 Å². The van der Waals surface area contributed by atoms with Crippen LogP contribution in [-0.2, 0) is 6.54 Å². The summed E-state index contributed by atoms with van der Waals surface area (Å²) >= 11 is 0. The molecule has 0 radical (unpaired) electrons. The van der Waals surface area contributed by atoms with Gasteiger partial charge in [0.25, 0.3) is 0 Å². The zero-order valence-corrected chi connectivity index (χ0v) is 12.1. The number of rotatable bonds is 1. The van der Waals surface area contributed by atoms with Crippen molar-refractivity contribution in [3.05, 3.63) is 35.4 Å². The molecule has 1 aromatic rings. The molecule has 0 saturated carbocycles. The number of nitrogens with one attached hydrogen (secondary N) is 1. The van der Waals surface area contributed by atoms with Crippen molar-refractivity contribution >= 4 is 0 Å². The van der Waals surface area contributed by atoms with Gasteiger partial charge in [-0.1, -0.05) is 24.3 Å². The second kappa shape index (κ2) is 5.61. The molecule has 2 aliphatic rings. The molecule has 2 aliphatic heterocycles. The lowest BCUT2D eigenvalue weighted by molar-refractivity contribution is 0.0578. The summed E-state index contributed by atoms with van der Waals surface area (Å²) < 4.78 is 0. The van der Waals surface area contributed by atoms with Crippen LogP contribution in [0.25, 0.3) is 0 Å². The number of hydrogen-bond donors (Lipinski definition) is 1. The Kier molecular flexibility index (Phi) is 3.87. The molecule has 1 aromatic carbocycles. The molecule has 2 unspecified atom stereocenters. The normalized spacial score (nSPS) is 29.8. The lowest BCUT2D eigenvalue weighted by Crippen LogP contribution is -2.51. The van der Waals surface area contributed by atoms with Gasteiger partial charge in [0.1, 0.15) is 0 Å². The van der Waals surface area contributed by atoms with E-state index in [1.165, 1.54) is 31.6 Å². The Labute approximate surface area is 116 Å². The molecular formula is C16H25N3. The standard InChI is InChI=1S/C16H25N3/c1-13-12-18(2)9-10-19(13)16-7-8-17-11-14-5-3-4-6-15(14)16/h3-6,13,16-17H,7-12H2,1-2H3. The van der Waals surface area contributed by atoms with Crippen molar-refractivity contribution < 1.29 is 0 Å². The third-order valence-corrected chi connectivity index (χ3v) is 4.61. The fraction of sp³-hybridized carbons (Fsp3) is 0.625. The highest BCUT2D eigenvalue weighted by atomic mass is 15.3. The zero-order chi connectivity index (χ0) is 13.2. The van der Waals surface area contributed by atoms with Gasteiger partial charge in [-0.3, -0.25) is 4.90 Å². The summed E-state index contributed by atoms with van der Waals surface area (Å²) in [6.45, 7) is 8.09. The Morgan fingerprint density at radius 2 is 2.05 bits per heavy atom. The van der Waals surface area contributed by atoms with Crippen LogP contribution in [0.3, 0.4) is 0 Å². The Hall–Kier alpha value is -0.900. The molecule has 1 fully saturated rings. The lowest BCUT2D eigenvalue weighted by atomic mass is 9.96. The van der Waals surface area contributed by atoms with Gasteiger partial charge in [-0.05, 0) is 38.1 Å². The molecule has 0 aliphatic carbocycles. The van der Waals surface area contributed by atoms with E-state index < -0.39 is 0 Å². The van der Waals surface area contributed by atoms with Gasteiger partial charge in [0.05, 0.1) is 0 Å². The number of likely N-dealkylation sites (N-methyl/N-ethyl adjacent to an activating group) is 1. The Morgan fingerprint density at radius 3 is 2.89 bits per heavy atom. The predicted molar refractivity (Wildman–Crippen MR) is 79.2 cm³/mol. The molecule has 0 spiro atoms. The highest BCUT2D eigenvalue weighted by Crippen LogP contribution is 2.31. The Bertz CT molecular complexity index is 432. The molecule has 1 N–H and O–H groups in total. The Morgan fingerprint density at radius 1 is 1.21 bits per heavy atom.